The zero-order chi connectivity index (χ0) is 33.1. The van der Waals surface area contributed by atoms with E-state index in [1.807, 2.05) is 0 Å². The zero-order valence-corrected chi connectivity index (χ0v) is 25.9. The van der Waals surface area contributed by atoms with Crippen molar-refractivity contribution in [3.63, 3.8) is 0 Å². The van der Waals surface area contributed by atoms with Crippen molar-refractivity contribution in [1.29, 1.82) is 0 Å². The lowest BCUT2D eigenvalue weighted by Crippen LogP contribution is -2.40. The first-order valence-corrected chi connectivity index (χ1v) is 17.6. The number of aliphatic hydroxyl groups excluding tert-OH is 1. The van der Waals surface area contributed by atoms with E-state index in [2.05, 4.69) is 47.5 Å². The summed E-state index contributed by atoms with van der Waals surface area (Å²) in [6.07, 6.45) is -11.6. The second-order valence-electron chi connectivity index (χ2n) is 9.70. The van der Waals surface area contributed by atoms with Gasteiger partial charge in [0.05, 0.1) is 25.9 Å². The molecular weight excluding hydrogens is 711 g/mol. The molecule has 6 N–H and O–H groups in total. The lowest BCUT2D eigenvalue weighted by atomic mass is 10.1. The Balaban J connectivity index is 1.25. The van der Waals surface area contributed by atoms with E-state index in [0.717, 1.165) is 17.2 Å². The number of aromatic nitrogens is 9. The summed E-state index contributed by atoms with van der Waals surface area (Å²) >= 11 is 8.56. The molecule has 2 fully saturated rings. The van der Waals surface area contributed by atoms with Crippen LogP contribution in [-0.4, -0.2) is 104 Å². The van der Waals surface area contributed by atoms with Crippen LogP contribution < -0.4 is 16.9 Å². The number of nitrogens with zero attached hydrogens (tertiary/aromatic N) is 7. The number of ether oxygens (including phenoxy) is 2. The van der Waals surface area contributed by atoms with E-state index in [1.165, 1.54) is 0 Å². The summed E-state index contributed by atoms with van der Waals surface area (Å²) in [4.78, 5) is 51.2. The van der Waals surface area contributed by atoms with Crippen molar-refractivity contribution < 1.29 is 50.8 Å². The van der Waals surface area contributed by atoms with Crippen LogP contribution in [0, 0.1) is 0 Å². The number of fused-ring (bicyclic) bond motifs is 2. The average Bonchev–Trinajstić information content (AvgIpc) is 3.72. The molecule has 0 aromatic carbocycles. The van der Waals surface area contributed by atoms with E-state index >= 15 is 13.2 Å². The summed E-state index contributed by atoms with van der Waals surface area (Å²) in [5.74, 6) is -4.35. The van der Waals surface area contributed by atoms with E-state index in [9.17, 15) is 24.2 Å². The van der Waals surface area contributed by atoms with Crippen LogP contribution in [-0.2, 0) is 39.4 Å². The molecule has 248 valence electrons. The molecule has 46 heavy (non-hydrogen) atoms. The van der Waals surface area contributed by atoms with Gasteiger partial charge < -0.3 is 34.7 Å². The maximum Gasteiger partial charge on any atom is 0.582 e. The predicted octanol–water partition coefficient (Wildman–Crippen LogP) is -0.419. The van der Waals surface area contributed by atoms with Crippen molar-refractivity contribution in [1.82, 2.24) is 44.5 Å². The van der Waals surface area contributed by atoms with Gasteiger partial charge in [-0.25, -0.2) is 14.4 Å². The zero-order valence-electron chi connectivity index (χ0n) is 22.4. The molecule has 0 bridgehead atoms. The van der Waals surface area contributed by atoms with Gasteiger partial charge in [-0.05, 0) is 16.4 Å². The minimum absolute atomic E-state index is 0.164. The molecule has 0 spiro atoms. The van der Waals surface area contributed by atoms with Gasteiger partial charge in [-0.2, -0.15) is 18.4 Å². The fraction of sp³-hybridized carbons (Fsp3) is 0.526. The highest BCUT2D eigenvalue weighted by Crippen LogP contribution is 2.53. The monoisotopic (exact) mass is 731 g/mol. The lowest BCUT2D eigenvalue weighted by molar-refractivity contribution is -0.137. The van der Waals surface area contributed by atoms with Gasteiger partial charge in [-0.3, -0.25) is 23.7 Å². The molecule has 6 rings (SSSR count). The Kier molecular flexibility index (Phi) is 8.77. The number of anilines is 1. The first-order valence-electron chi connectivity index (χ1n) is 12.6. The second kappa shape index (κ2) is 12.2. The third-order valence-electron chi connectivity index (χ3n) is 6.87. The maximum absolute atomic E-state index is 15.6. The summed E-state index contributed by atoms with van der Waals surface area (Å²) in [5.41, 5.74) is 2.97. The SMILES string of the molecule is Nc1nc2c(ncn2C2OC(CO)C(F)C2OP(O)(=S)OCC2OC(n3nnc4c(=O)[nH]cnc43)C(F)(F)C2O[P+](=O)S)c(=O)[nH]1. The molecule has 0 saturated carbocycles. The van der Waals surface area contributed by atoms with Crippen molar-refractivity contribution in [3.05, 3.63) is 33.4 Å². The number of hydrogen-bond acceptors (Lipinski definition) is 16. The number of nitrogens with one attached hydrogen (secondary N) is 2. The Labute approximate surface area is 262 Å². The number of alkyl halides is 3. The van der Waals surface area contributed by atoms with E-state index < -0.39 is 87.2 Å². The molecule has 9 atom stereocenters. The van der Waals surface area contributed by atoms with Gasteiger partial charge in [0.1, 0.15) is 30.6 Å². The lowest BCUT2D eigenvalue weighted by Gasteiger charge is -2.26. The largest absolute Gasteiger partial charge is 0.582 e. The summed E-state index contributed by atoms with van der Waals surface area (Å²) < 4.78 is 86.4. The van der Waals surface area contributed by atoms with Crippen LogP contribution >= 0.6 is 26.2 Å². The molecular formula is C19H20F3N10O10P2S2+. The van der Waals surface area contributed by atoms with Crippen LogP contribution in [0.4, 0.5) is 19.1 Å². The average molecular weight is 732 g/mol. The highest BCUT2D eigenvalue weighted by atomic mass is 32.7. The standard InChI is InChI=1S/C19H19F3N10O10P2S2/c20-7-5(1-33)39-16(31-4-26-8-13(31)27-18(23)28-15(8)35)10(7)42-44(37,46)38-2-6-11(41-43(36)45)19(21,22)17(40-6)32-12-9(29-30-32)14(34)25-3-24-12/h3-7,10-11,16-17,33H,1-2H2,(H5-,23,24,25,27,28,30,34,35,36,37,45,46)/p+1. The van der Waals surface area contributed by atoms with Crippen LogP contribution in [0.25, 0.3) is 22.3 Å². The smallest absolute Gasteiger partial charge is 0.394 e. The van der Waals surface area contributed by atoms with Gasteiger partial charge >= 0.3 is 19.9 Å². The normalized spacial score (nSPS) is 29.4. The van der Waals surface area contributed by atoms with E-state index in [1.54, 1.807) is 0 Å². The number of hydrogen-bond donors (Lipinski definition) is 6. The molecule has 6 heterocycles. The summed E-state index contributed by atoms with van der Waals surface area (Å²) in [7, 11) is -2.96. The Bertz CT molecular complexity index is 1980. The van der Waals surface area contributed by atoms with Crippen molar-refractivity contribution in [2.24, 2.45) is 0 Å². The minimum atomic E-state index is -4.60. The number of imidazole rings is 1. The first-order chi connectivity index (χ1) is 21.7. The topological polar surface area (TPSA) is 270 Å². The maximum atomic E-state index is 15.6. The van der Waals surface area contributed by atoms with E-state index in [4.69, 9.17) is 40.6 Å². The molecule has 27 heteroatoms. The fourth-order valence-electron chi connectivity index (χ4n) is 4.89. The molecule has 0 aliphatic carbocycles. The number of halogens is 3. The van der Waals surface area contributed by atoms with Crippen LogP contribution in [0.5, 0.6) is 0 Å². The van der Waals surface area contributed by atoms with Crippen LogP contribution in [0.15, 0.2) is 22.2 Å². The van der Waals surface area contributed by atoms with Gasteiger partial charge in [0, 0.05) is 0 Å². The van der Waals surface area contributed by atoms with Gasteiger partial charge in [0.15, 0.2) is 34.7 Å². The summed E-state index contributed by atoms with van der Waals surface area (Å²) in [6, 6.07) is 0. The van der Waals surface area contributed by atoms with Gasteiger partial charge in [0.25, 0.3) is 11.1 Å². The number of aromatic amines is 2. The van der Waals surface area contributed by atoms with Crippen LogP contribution in [0.1, 0.15) is 12.5 Å². The molecule has 0 amide bonds. The van der Waals surface area contributed by atoms with Gasteiger partial charge in [-0.15, -0.1) is 9.62 Å². The quantitative estimate of drug-likeness (QED) is 0.0893. The molecule has 4 aromatic rings. The Morgan fingerprint density at radius 3 is 2.70 bits per heavy atom. The van der Waals surface area contributed by atoms with Crippen molar-refractivity contribution in [2.45, 2.75) is 49.0 Å². The third kappa shape index (κ3) is 5.85. The molecule has 4 aromatic heterocycles. The highest BCUT2D eigenvalue weighted by Gasteiger charge is 2.65. The Morgan fingerprint density at radius 2 is 1.98 bits per heavy atom. The number of nitrogens with two attached hydrogens (primary N) is 1. The number of rotatable bonds is 10. The second-order valence-corrected chi connectivity index (χ2v) is 14.2. The van der Waals surface area contributed by atoms with Gasteiger partial charge in [0.2, 0.25) is 18.3 Å². The predicted molar refractivity (Wildman–Crippen MR) is 152 cm³/mol. The van der Waals surface area contributed by atoms with Crippen LogP contribution in [0.3, 0.4) is 0 Å². The number of H-pyrrole nitrogens is 2. The minimum Gasteiger partial charge on any atom is -0.394 e. The Morgan fingerprint density at radius 1 is 1.22 bits per heavy atom. The van der Waals surface area contributed by atoms with Crippen LogP contribution in [0.2, 0.25) is 0 Å². The molecule has 20 nitrogen and oxygen atoms in total. The van der Waals surface area contributed by atoms with Crippen molar-refractivity contribution in [3.8, 4) is 0 Å². The molecule has 0 radical (unpaired) electrons. The summed E-state index contributed by atoms with van der Waals surface area (Å²) in [6.45, 7) is -6.44. The van der Waals surface area contributed by atoms with Crippen molar-refractivity contribution in [2.75, 3.05) is 18.9 Å². The number of aliphatic hydroxyl groups is 1. The Hall–Kier alpha value is -2.96. The third-order valence-corrected chi connectivity index (χ3v) is 9.12. The first kappa shape index (κ1) is 33.0. The van der Waals surface area contributed by atoms with Gasteiger partial charge in [-0.1, -0.05) is 5.21 Å². The van der Waals surface area contributed by atoms with E-state index in [-0.39, 0.29) is 28.3 Å². The molecule has 2 saturated heterocycles. The molecule has 2 aliphatic heterocycles. The molecule has 2 aliphatic rings. The number of thiol groups is 1. The molecule has 9 unspecified atom stereocenters. The van der Waals surface area contributed by atoms with Crippen molar-refractivity contribution >= 4 is 66.3 Å². The fourth-order valence-corrected chi connectivity index (χ4v) is 7.07. The summed E-state index contributed by atoms with van der Waals surface area (Å²) in [5, 5.41) is 16.7. The number of nitrogen functional groups attached to an aromatic ring is 1. The van der Waals surface area contributed by atoms with E-state index in [0.29, 0.717) is 4.68 Å². The highest BCUT2D eigenvalue weighted by molar-refractivity contribution is 8.39.